The van der Waals surface area contributed by atoms with Crippen LogP contribution in [0.25, 0.3) is 0 Å². The second-order valence-corrected chi connectivity index (χ2v) is 5.03. The third-order valence-electron chi connectivity index (χ3n) is 2.85. The summed E-state index contributed by atoms with van der Waals surface area (Å²) in [5, 5.41) is 6.93. The Bertz CT molecular complexity index is 291. The Morgan fingerprint density at radius 3 is 3.25 bits per heavy atom. The van der Waals surface area contributed by atoms with Crippen LogP contribution < -0.4 is 10.6 Å². The zero-order chi connectivity index (χ0) is 11.2. The molecule has 1 aromatic heterocycles. The van der Waals surface area contributed by atoms with Gasteiger partial charge in [-0.15, -0.1) is 11.3 Å². The Hall–Kier alpha value is -0.490. The number of aromatic nitrogens is 1. The molecule has 2 heterocycles. The molecule has 1 aliphatic rings. The molecule has 1 aromatic rings. The van der Waals surface area contributed by atoms with Crippen molar-refractivity contribution < 1.29 is 4.74 Å². The molecule has 0 bridgehead atoms. The first-order valence-corrected chi connectivity index (χ1v) is 6.67. The van der Waals surface area contributed by atoms with Gasteiger partial charge >= 0.3 is 0 Å². The highest BCUT2D eigenvalue weighted by Gasteiger charge is 2.26. The van der Waals surface area contributed by atoms with Crippen LogP contribution in [-0.2, 0) is 11.3 Å². The Kier molecular flexibility index (Phi) is 4.71. The van der Waals surface area contributed by atoms with Crippen molar-refractivity contribution in [2.24, 2.45) is 5.92 Å². The molecular formula is C11H19N3OS. The average molecular weight is 241 g/mol. The Morgan fingerprint density at radius 1 is 1.56 bits per heavy atom. The molecule has 2 rings (SSSR count). The lowest BCUT2D eigenvalue weighted by atomic mass is 10.0. The normalized spacial score (nSPS) is 25.1. The summed E-state index contributed by atoms with van der Waals surface area (Å²) < 4.78 is 5.50. The zero-order valence-corrected chi connectivity index (χ0v) is 10.4. The van der Waals surface area contributed by atoms with E-state index in [-0.39, 0.29) is 0 Å². The number of nitrogens with zero attached hydrogens (tertiary/aromatic N) is 1. The van der Waals surface area contributed by atoms with Crippen LogP contribution in [0.5, 0.6) is 0 Å². The van der Waals surface area contributed by atoms with E-state index in [9.17, 15) is 0 Å². The first-order chi connectivity index (χ1) is 7.90. The number of nitrogens with one attached hydrogen (secondary N) is 2. The quantitative estimate of drug-likeness (QED) is 0.775. The van der Waals surface area contributed by atoms with Crippen LogP contribution in [0.1, 0.15) is 11.8 Å². The number of thiazole rings is 1. The summed E-state index contributed by atoms with van der Waals surface area (Å²) in [4.78, 5) is 5.35. The van der Waals surface area contributed by atoms with Crippen LogP contribution in [0.4, 0.5) is 0 Å². The molecule has 0 spiro atoms. The van der Waals surface area contributed by atoms with Gasteiger partial charge in [0.05, 0.1) is 18.7 Å². The molecular weight excluding hydrogens is 222 g/mol. The van der Waals surface area contributed by atoms with Crippen molar-refractivity contribution in [2.45, 2.75) is 19.5 Å². The zero-order valence-electron chi connectivity index (χ0n) is 9.61. The second kappa shape index (κ2) is 6.30. The van der Waals surface area contributed by atoms with Gasteiger partial charge in [0, 0.05) is 36.1 Å². The Balaban J connectivity index is 1.69. The molecule has 4 nitrogen and oxygen atoms in total. The summed E-state index contributed by atoms with van der Waals surface area (Å²) >= 11 is 1.70. The highest BCUT2D eigenvalue weighted by atomic mass is 32.1. The summed E-state index contributed by atoms with van der Waals surface area (Å²) in [7, 11) is 0. The fourth-order valence-corrected chi connectivity index (χ4v) is 2.56. The Labute approximate surface area is 100 Å². The molecule has 2 N–H and O–H groups in total. The smallest absolute Gasteiger partial charge is 0.0794 e. The monoisotopic (exact) mass is 241 g/mol. The third kappa shape index (κ3) is 3.25. The summed E-state index contributed by atoms with van der Waals surface area (Å²) in [6.07, 6.45) is 1.92. The van der Waals surface area contributed by atoms with Crippen LogP contribution in [0.3, 0.4) is 0 Å². The molecule has 5 heteroatoms. The fourth-order valence-electron chi connectivity index (χ4n) is 2.00. The largest absolute Gasteiger partial charge is 0.379 e. The van der Waals surface area contributed by atoms with Crippen LogP contribution in [-0.4, -0.2) is 37.3 Å². The maximum atomic E-state index is 5.50. The van der Waals surface area contributed by atoms with Crippen molar-refractivity contribution in [1.82, 2.24) is 15.6 Å². The maximum Gasteiger partial charge on any atom is 0.0794 e. The highest BCUT2D eigenvalue weighted by Crippen LogP contribution is 2.13. The van der Waals surface area contributed by atoms with Gasteiger partial charge in [-0.25, -0.2) is 0 Å². The van der Waals surface area contributed by atoms with E-state index in [4.69, 9.17) is 4.74 Å². The molecule has 2 atom stereocenters. The van der Waals surface area contributed by atoms with E-state index in [1.54, 1.807) is 11.3 Å². The lowest BCUT2D eigenvalue weighted by molar-refractivity contribution is 0.182. The first kappa shape index (κ1) is 12.0. The van der Waals surface area contributed by atoms with E-state index in [0.29, 0.717) is 12.0 Å². The molecule has 0 aliphatic carbocycles. The minimum atomic E-state index is 0.513. The van der Waals surface area contributed by atoms with Crippen molar-refractivity contribution in [1.29, 1.82) is 0 Å². The van der Waals surface area contributed by atoms with Gasteiger partial charge < -0.3 is 15.4 Å². The summed E-state index contributed by atoms with van der Waals surface area (Å²) in [6, 6.07) is 0.513. The van der Waals surface area contributed by atoms with Crippen LogP contribution in [0.2, 0.25) is 0 Å². The molecule has 1 fully saturated rings. The van der Waals surface area contributed by atoms with E-state index < -0.39 is 0 Å². The SMILES string of the molecule is CCNC1COCC1CNCc1cncs1. The van der Waals surface area contributed by atoms with Crippen molar-refractivity contribution >= 4 is 11.3 Å². The van der Waals surface area contributed by atoms with Gasteiger partial charge in [0.15, 0.2) is 0 Å². The minimum Gasteiger partial charge on any atom is -0.379 e. The van der Waals surface area contributed by atoms with E-state index in [1.165, 1.54) is 4.88 Å². The van der Waals surface area contributed by atoms with Gasteiger partial charge in [-0.1, -0.05) is 6.92 Å². The molecule has 0 amide bonds. The number of hydrogen-bond acceptors (Lipinski definition) is 5. The molecule has 16 heavy (non-hydrogen) atoms. The van der Waals surface area contributed by atoms with Crippen LogP contribution in [0, 0.1) is 5.92 Å². The fraction of sp³-hybridized carbons (Fsp3) is 0.727. The van der Waals surface area contributed by atoms with Gasteiger partial charge in [-0.2, -0.15) is 0 Å². The molecule has 90 valence electrons. The first-order valence-electron chi connectivity index (χ1n) is 5.79. The van der Waals surface area contributed by atoms with Gasteiger partial charge in [0.1, 0.15) is 0 Å². The number of hydrogen-bond donors (Lipinski definition) is 2. The van der Waals surface area contributed by atoms with Crippen LogP contribution in [0.15, 0.2) is 11.7 Å². The van der Waals surface area contributed by atoms with Gasteiger partial charge in [0.25, 0.3) is 0 Å². The lowest BCUT2D eigenvalue weighted by Gasteiger charge is -2.18. The van der Waals surface area contributed by atoms with E-state index in [1.807, 2.05) is 11.7 Å². The van der Waals surface area contributed by atoms with E-state index in [0.717, 1.165) is 32.8 Å². The van der Waals surface area contributed by atoms with E-state index >= 15 is 0 Å². The van der Waals surface area contributed by atoms with Gasteiger partial charge in [0.2, 0.25) is 0 Å². The average Bonchev–Trinajstić information content (AvgIpc) is 2.91. The molecule has 1 aliphatic heterocycles. The van der Waals surface area contributed by atoms with Crippen LogP contribution >= 0.6 is 11.3 Å². The standard InChI is InChI=1S/C11H19N3OS/c1-2-14-11-7-15-6-9(11)3-12-4-10-5-13-8-16-10/h5,8-9,11-12,14H,2-4,6-7H2,1H3. The predicted molar refractivity (Wildman–Crippen MR) is 65.6 cm³/mol. The molecule has 0 saturated carbocycles. The Morgan fingerprint density at radius 2 is 2.50 bits per heavy atom. The molecule has 0 aromatic carbocycles. The topological polar surface area (TPSA) is 46.2 Å². The predicted octanol–water partition coefficient (Wildman–Crippen LogP) is 0.857. The van der Waals surface area contributed by atoms with Crippen molar-refractivity contribution in [3.63, 3.8) is 0 Å². The number of likely N-dealkylation sites (N-methyl/N-ethyl adjacent to an activating group) is 1. The maximum absolute atomic E-state index is 5.50. The van der Waals surface area contributed by atoms with Crippen molar-refractivity contribution in [3.8, 4) is 0 Å². The lowest BCUT2D eigenvalue weighted by Crippen LogP contribution is -2.39. The van der Waals surface area contributed by atoms with Gasteiger partial charge in [-0.05, 0) is 6.54 Å². The molecule has 2 unspecified atom stereocenters. The summed E-state index contributed by atoms with van der Waals surface area (Å²) in [5.41, 5.74) is 1.87. The van der Waals surface area contributed by atoms with Crippen molar-refractivity contribution in [2.75, 3.05) is 26.3 Å². The summed E-state index contributed by atoms with van der Waals surface area (Å²) in [6.45, 7) is 6.79. The minimum absolute atomic E-state index is 0.513. The molecule has 1 saturated heterocycles. The number of rotatable bonds is 6. The van der Waals surface area contributed by atoms with Gasteiger partial charge in [-0.3, -0.25) is 4.98 Å². The second-order valence-electron chi connectivity index (χ2n) is 4.06. The highest BCUT2D eigenvalue weighted by molar-refractivity contribution is 7.09. The van der Waals surface area contributed by atoms with E-state index in [2.05, 4.69) is 22.5 Å². The third-order valence-corrected chi connectivity index (χ3v) is 3.63. The molecule has 0 radical (unpaired) electrons. The number of ether oxygens (including phenoxy) is 1. The van der Waals surface area contributed by atoms with Crippen molar-refractivity contribution in [3.05, 3.63) is 16.6 Å². The summed E-state index contributed by atoms with van der Waals surface area (Å²) in [5.74, 6) is 0.591.